The lowest BCUT2D eigenvalue weighted by Gasteiger charge is -2.42. The Balaban J connectivity index is 1.53. The molecule has 2 aliphatic rings. The van der Waals surface area contributed by atoms with Crippen molar-refractivity contribution in [3.8, 4) is 0 Å². The Bertz CT molecular complexity index is 529. The molecule has 1 aromatic rings. The molecular weight excluding hydrogens is 296 g/mol. The van der Waals surface area contributed by atoms with Gasteiger partial charge < -0.3 is 14.8 Å². The molecule has 128 valence electrons. The van der Waals surface area contributed by atoms with E-state index in [0.29, 0.717) is 19.8 Å². The summed E-state index contributed by atoms with van der Waals surface area (Å²) < 4.78 is 13.3. The molecule has 1 N–H and O–H groups in total. The van der Waals surface area contributed by atoms with Crippen LogP contribution in [0.1, 0.15) is 51.4 Å². The topological polar surface area (TPSA) is 78.3 Å². The molecule has 1 aromatic heterocycles. The Morgan fingerprint density at radius 2 is 2.26 bits per heavy atom. The van der Waals surface area contributed by atoms with E-state index in [9.17, 15) is 4.79 Å². The highest BCUT2D eigenvalue weighted by Crippen LogP contribution is 2.36. The summed E-state index contributed by atoms with van der Waals surface area (Å²) in [5, 5.41) is 7.24. The van der Waals surface area contributed by atoms with Crippen LogP contribution in [0.25, 0.3) is 0 Å². The van der Waals surface area contributed by atoms with E-state index in [1.165, 1.54) is 6.33 Å². The number of nitrogens with zero attached hydrogens (tertiary/aromatic N) is 3. The summed E-state index contributed by atoms with van der Waals surface area (Å²) in [5.41, 5.74) is -0.150. The molecule has 23 heavy (non-hydrogen) atoms. The third-order valence-corrected chi connectivity index (χ3v) is 4.96. The van der Waals surface area contributed by atoms with Gasteiger partial charge in [-0.3, -0.25) is 4.79 Å². The highest BCUT2D eigenvalue weighted by molar-refractivity contribution is 5.79. The zero-order valence-corrected chi connectivity index (χ0v) is 14.0. The molecule has 0 aromatic carbocycles. The Morgan fingerprint density at radius 1 is 1.48 bits per heavy atom. The number of amides is 1. The van der Waals surface area contributed by atoms with Crippen molar-refractivity contribution >= 4 is 5.91 Å². The van der Waals surface area contributed by atoms with Gasteiger partial charge in [-0.15, -0.1) is 0 Å². The summed E-state index contributed by atoms with van der Waals surface area (Å²) in [4.78, 5) is 16.8. The SMILES string of the molecule is CCn1ncnc1C(C)NC(=O)C1CCC2(CC1)COCCO2. The predicted molar refractivity (Wildman–Crippen MR) is 83.7 cm³/mol. The summed E-state index contributed by atoms with van der Waals surface area (Å²) in [6.07, 6.45) is 5.02. The van der Waals surface area contributed by atoms with Gasteiger partial charge in [-0.1, -0.05) is 0 Å². The van der Waals surface area contributed by atoms with E-state index in [-0.39, 0.29) is 23.5 Å². The molecule has 1 atom stereocenters. The van der Waals surface area contributed by atoms with E-state index in [1.807, 2.05) is 18.5 Å². The van der Waals surface area contributed by atoms with Crippen LogP contribution < -0.4 is 5.32 Å². The summed E-state index contributed by atoms with van der Waals surface area (Å²) in [6.45, 7) is 6.73. The first-order chi connectivity index (χ1) is 11.1. The first kappa shape index (κ1) is 16.4. The third-order valence-electron chi connectivity index (χ3n) is 4.96. The van der Waals surface area contributed by atoms with Crippen LogP contribution >= 0.6 is 0 Å². The number of hydrogen-bond donors (Lipinski definition) is 1. The van der Waals surface area contributed by atoms with Crippen molar-refractivity contribution in [2.75, 3.05) is 19.8 Å². The van der Waals surface area contributed by atoms with Gasteiger partial charge in [-0.05, 0) is 39.5 Å². The van der Waals surface area contributed by atoms with Crippen LogP contribution in [0.15, 0.2) is 6.33 Å². The Morgan fingerprint density at radius 3 is 2.91 bits per heavy atom. The molecule has 1 aliphatic heterocycles. The number of aromatic nitrogens is 3. The van der Waals surface area contributed by atoms with Crippen LogP contribution in [0, 0.1) is 5.92 Å². The number of aryl methyl sites for hydroxylation is 1. The maximum Gasteiger partial charge on any atom is 0.223 e. The standard InChI is InChI=1S/C16H26N4O3/c1-3-20-14(17-11-18-20)12(2)19-15(21)13-4-6-16(7-5-13)10-22-8-9-23-16/h11-13H,3-10H2,1-2H3,(H,19,21). The van der Waals surface area contributed by atoms with Crippen molar-refractivity contribution in [1.29, 1.82) is 0 Å². The number of hydrogen-bond acceptors (Lipinski definition) is 5. The summed E-state index contributed by atoms with van der Waals surface area (Å²) in [7, 11) is 0. The van der Waals surface area contributed by atoms with Gasteiger partial charge in [0.2, 0.25) is 5.91 Å². The van der Waals surface area contributed by atoms with E-state index in [1.54, 1.807) is 0 Å². The zero-order chi connectivity index (χ0) is 16.3. The van der Waals surface area contributed by atoms with E-state index >= 15 is 0 Å². The van der Waals surface area contributed by atoms with Crippen molar-refractivity contribution < 1.29 is 14.3 Å². The van der Waals surface area contributed by atoms with E-state index in [0.717, 1.165) is 38.1 Å². The van der Waals surface area contributed by atoms with Crippen LogP contribution in [0.3, 0.4) is 0 Å². The molecule has 2 heterocycles. The van der Waals surface area contributed by atoms with Gasteiger partial charge in [0.15, 0.2) is 0 Å². The highest BCUT2D eigenvalue weighted by Gasteiger charge is 2.40. The van der Waals surface area contributed by atoms with Crippen molar-refractivity contribution in [3.05, 3.63) is 12.2 Å². The number of rotatable bonds is 4. The van der Waals surface area contributed by atoms with E-state index in [4.69, 9.17) is 9.47 Å². The Kier molecular flexibility index (Phi) is 4.96. The van der Waals surface area contributed by atoms with Crippen molar-refractivity contribution in [2.24, 2.45) is 5.92 Å². The highest BCUT2D eigenvalue weighted by atomic mass is 16.6. The molecule has 1 unspecified atom stereocenters. The molecule has 2 fully saturated rings. The molecule has 3 rings (SSSR count). The quantitative estimate of drug-likeness (QED) is 0.908. The lowest BCUT2D eigenvalue weighted by atomic mass is 9.78. The first-order valence-corrected chi connectivity index (χ1v) is 8.53. The van der Waals surface area contributed by atoms with Crippen LogP contribution in [0.5, 0.6) is 0 Å². The van der Waals surface area contributed by atoms with Crippen LogP contribution in [-0.2, 0) is 20.8 Å². The minimum absolute atomic E-state index is 0.0478. The molecule has 1 spiro atoms. The van der Waals surface area contributed by atoms with Gasteiger partial charge in [-0.25, -0.2) is 9.67 Å². The summed E-state index contributed by atoms with van der Waals surface area (Å²) in [6, 6.07) is -0.130. The second-order valence-electron chi connectivity index (χ2n) is 6.52. The van der Waals surface area contributed by atoms with Crippen LogP contribution in [0.4, 0.5) is 0 Å². The smallest absolute Gasteiger partial charge is 0.223 e. The van der Waals surface area contributed by atoms with Gasteiger partial charge in [0.05, 0.1) is 31.5 Å². The van der Waals surface area contributed by atoms with E-state index in [2.05, 4.69) is 15.4 Å². The number of ether oxygens (including phenoxy) is 2. The second kappa shape index (κ2) is 6.97. The van der Waals surface area contributed by atoms with Gasteiger partial charge in [0.1, 0.15) is 12.2 Å². The molecular formula is C16H26N4O3. The molecule has 7 nitrogen and oxygen atoms in total. The van der Waals surface area contributed by atoms with Crippen molar-refractivity contribution in [2.45, 2.75) is 57.7 Å². The first-order valence-electron chi connectivity index (χ1n) is 8.53. The average Bonchev–Trinajstić information content (AvgIpc) is 3.05. The molecule has 1 aliphatic carbocycles. The van der Waals surface area contributed by atoms with Crippen molar-refractivity contribution in [3.63, 3.8) is 0 Å². The van der Waals surface area contributed by atoms with Crippen LogP contribution in [0.2, 0.25) is 0 Å². The Hall–Kier alpha value is -1.47. The maximum absolute atomic E-state index is 12.5. The fourth-order valence-corrected chi connectivity index (χ4v) is 3.56. The van der Waals surface area contributed by atoms with Gasteiger partial charge in [0, 0.05) is 12.5 Å². The van der Waals surface area contributed by atoms with Crippen molar-refractivity contribution in [1.82, 2.24) is 20.1 Å². The minimum Gasteiger partial charge on any atom is -0.376 e. The lowest BCUT2D eigenvalue weighted by Crippen LogP contribution is -2.47. The summed E-state index contributed by atoms with van der Waals surface area (Å²) >= 11 is 0. The normalized spacial score (nSPS) is 29.4. The molecule has 0 radical (unpaired) electrons. The fourth-order valence-electron chi connectivity index (χ4n) is 3.56. The predicted octanol–water partition coefficient (Wildman–Crippen LogP) is 1.45. The third kappa shape index (κ3) is 3.55. The van der Waals surface area contributed by atoms with Crippen LogP contribution in [-0.4, -0.2) is 46.1 Å². The molecule has 1 saturated heterocycles. The van der Waals surface area contributed by atoms with Gasteiger partial charge in [-0.2, -0.15) is 5.10 Å². The van der Waals surface area contributed by atoms with E-state index < -0.39 is 0 Å². The second-order valence-corrected chi connectivity index (χ2v) is 6.52. The maximum atomic E-state index is 12.5. The Labute approximate surface area is 136 Å². The summed E-state index contributed by atoms with van der Waals surface area (Å²) in [5.74, 6) is 0.957. The van der Waals surface area contributed by atoms with Gasteiger partial charge >= 0.3 is 0 Å². The number of nitrogens with one attached hydrogen (secondary N) is 1. The molecule has 1 amide bonds. The largest absolute Gasteiger partial charge is 0.376 e. The molecule has 1 saturated carbocycles. The minimum atomic E-state index is -0.150. The monoisotopic (exact) mass is 322 g/mol. The van der Waals surface area contributed by atoms with Gasteiger partial charge in [0.25, 0.3) is 0 Å². The molecule has 7 heteroatoms. The fraction of sp³-hybridized carbons (Fsp3) is 0.812. The zero-order valence-electron chi connectivity index (χ0n) is 14.0. The molecule has 0 bridgehead atoms. The average molecular weight is 322 g/mol. The number of carbonyl (C=O) groups is 1. The lowest BCUT2D eigenvalue weighted by molar-refractivity contribution is -0.176. The number of carbonyl (C=O) groups excluding carboxylic acids is 1.